The van der Waals surface area contributed by atoms with Crippen molar-refractivity contribution in [3.8, 4) is 5.75 Å². The van der Waals surface area contributed by atoms with Crippen molar-refractivity contribution in [1.29, 1.82) is 0 Å². The van der Waals surface area contributed by atoms with Gasteiger partial charge in [-0.25, -0.2) is 0 Å². The molecule has 0 heterocycles. The Morgan fingerprint density at radius 2 is 1.91 bits per heavy atom. The second-order valence-electron chi connectivity index (χ2n) is 6.72. The summed E-state index contributed by atoms with van der Waals surface area (Å²) in [7, 11) is 0. The average Bonchev–Trinajstić information content (AvgIpc) is 2.52. The Kier molecular flexibility index (Phi) is 5.64. The lowest BCUT2D eigenvalue weighted by Gasteiger charge is -2.19. The van der Waals surface area contributed by atoms with Gasteiger partial charge >= 0.3 is 5.97 Å². The first-order valence-corrected chi connectivity index (χ1v) is 8.13. The largest absolute Gasteiger partial charge is 0.484 e. The smallest absolute Gasteiger partial charge is 0.309 e. The lowest BCUT2D eigenvalue weighted by Crippen LogP contribution is -2.34. The van der Waals surface area contributed by atoms with Crippen molar-refractivity contribution in [3.05, 3.63) is 29.3 Å². The number of carbonyl (C=O) groups excluding carboxylic acids is 1. The van der Waals surface area contributed by atoms with Gasteiger partial charge in [0.15, 0.2) is 6.61 Å². The van der Waals surface area contributed by atoms with Crippen LogP contribution in [-0.2, 0) is 22.4 Å². The number of aryl methyl sites for hydroxylation is 2. The fourth-order valence-corrected chi connectivity index (χ4v) is 2.62. The molecule has 0 bridgehead atoms. The molecular formula is C18H25NO4. The maximum Gasteiger partial charge on any atom is 0.309 e. The van der Waals surface area contributed by atoms with E-state index in [4.69, 9.17) is 9.84 Å². The summed E-state index contributed by atoms with van der Waals surface area (Å²) in [6.07, 6.45) is 5.02. The van der Waals surface area contributed by atoms with Gasteiger partial charge in [0.25, 0.3) is 5.91 Å². The van der Waals surface area contributed by atoms with E-state index in [0.29, 0.717) is 18.7 Å². The Hall–Kier alpha value is -2.04. The molecule has 1 aliphatic carbocycles. The van der Waals surface area contributed by atoms with Crippen LogP contribution in [0.2, 0.25) is 0 Å². The van der Waals surface area contributed by atoms with Crippen LogP contribution in [0.1, 0.15) is 44.2 Å². The summed E-state index contributed by atoms with van der Waals surface area (Å²) < 4.78 is 5.54. The molecule has 1 aliphatic rings. The van der Waals surface area contributed by atoms with Gasteiger partial charge in [-0.05, 0) is 69.2 Å². The molecule has 0 fully saturated rings. The minimum absolute atomic E-state index is 0.0493. The van der Waals surface area contributed by atoms with E-state index in [2.05, 4.69) is 11.4 Å². The number of carbonyl (C=O) groups is 2. The summed E-state index contributed by atoms with van der Waals surface area (Å²) in [5, 5.41) is 11.7. The van der Waals surface area contributed by atoms with Crippen LogP contribution in [0, 0.1) is 5.41 Å². The monoisotopic (exact) mass is 319 g/mol. The van der Waals surface area contributed by atoms with Crippen LogP contribution in [-0.4, -0.2) is 30.1 Å². The Morgan fingerprint density at radius 3 is 2.61 bits per heavy atom. The second-order valence-corrected chi connectivity index (χ2v) is 6.72. The van der Waals surface area contributed by atoms with Gasteiger partial charge in [-0.2, -0.15) is 0 Å². The minimum atomic E-state index is -0.864. The molecule has 0 aromatic heterocycles. The SMILES string of the molecule is CC(C)(CCNC(=O)COc1ccc2c(c1)CCCC2)C(=O)O. The molecule has 0 atom stereocenters. The molecule has 1 amide bonds. The number of aliphatic carboxylic acids is 1. The number of amides is 1. The predicted molar refractivity (Wildman–Crippen MR) is 87.6 cm³/mol. The minimum Gasteiger partial charge on any atom is -0.484 e. The van der Waals surface area contributed by atoms with E-state index in [1.807, 2.05) is 12.1 Å². The molecule has 1 aromatic rings. The van der Waals surface area contributed by atoms with Gasteiger partial charge in [0.05, 0.1) is 5.41 Å². The summed E-state index contributed by atoms with van der Waals surface area (Å²) in [5.74, 6) is -0.382. The quantitative estimate of drug-likeness (QED) is 0.810. The van der Waals surface area contributed by atoms with E-state index in [-0.39, 0.29) is 12.5 Å². The first-order chi connectivity index (χ1) is 10.9. The number of carboxylic acid groups (broad SMARTS) is 1. The molecule has 5 heteroatoms. The summed E-state index contributed by atoms with van der Waals surface area (Å²) in [6.45, 7) is 3.56. The predicted octanol–water partition coefficient (Wildman–Crippen LogP) is 2.56. The highest BCUT2D eigenvalue weighted by Crippen LogP contribution is 2.25. The van der Waals surface area contributed by atoms with Crippen molar-refractivity contribution >= 4 is 11.9 Å². The zero-order valence-corrected chi connectivity index (χ0v) is 13.9. The zero-order chi connectivity index (χ0) is 16.9. The van der Waals surface area contributed by atoms with Crippen LogP contribution in [0.5, 0.6) is 5.75 Å². The molecule has 0 unspecified atom stereocenters. The maximum atomic E-state index is 11.8. The van der Waals surface area contributed by atoms with Crippen LogP contribution in [0.3, 0.4) is 0 Å². The molecule has 23 heavy (non-hydrogen) atoms. The lowest BCUT2D eigenvalue weighted by atomic mass is 9.90. The summed E-state index contributed by atoms with van der Waals surface area (Å²) >= 11 is 0. The lowest BCUT2D eigenvalue weighted by molar-refractivity contribution is -0.147. The van der Waals surface area contributed by atoms with E-state index in [0.717, 1.165) is 12.8 Å². The highest BCUT2D eigenvalue weighted by Gasteiger charge is 2.26. The zero-order valence-electron chi connectivity index (χ0n) is 13.9. The first-order valence-electron chi connectivity index (χ1n) is 8.13. The van der Waals surface area contributed by atoms with Crippen molar-refractivity contribution < 1.29 is 19.4 Å². The number of hydrogen-bond donors (Lipinski definition) is 2. The van der Waals surface area contributed by atoms with Crippen LogP contribution in [0.4, 0.5) is 0 Å². The van der Waals surface area contributed by atoms with E-state index >= 15 is 0 Å². The van der Waals surface area contributed by atoms with Crippen LogP contribution < -0.4 is 10.1 Å². The number of ether oxygens (including phenoxy) is 1. The fraction of sp³-hybridized carbons (Fsp3) is 0.556. The van der Waals surface area contributed by atoms with Gasteiger partial charge in [-0.1, -0.05) is 6.07 Å². The molecule has 2 N–H and O–H groups in total. The Bertz CT molecular complexity index is 580. The Morgan fingerprint density at radius 1 is 1.22 bits per heavy atom. The standard InChI is InChI=1S/C18H25NO4/c1-18(2,17(21)22)9-10-19-16(20)12-23-15-8-7-13-5-3-4-6-14(13)11-15/h7-8,11H,3-6,9-10,12H2,1-2H3,(H,19,20)(H,21,22). The molecule has 0 radical (unpaired) electrons. The molecule has 0 aliphatic heterocycles. The second kappa shape index (κ2) is 7.49. The molecule has 126 valence electrons. The number of hydrogen-bond acceptors (Lipinski definition) is 3. The number of rotatable bonds is 7. The van der Waals surface area contributed by atoms with E-state index < -0.39 is 11.4 Å². The molecule has 0 saturated heterocycles. The third-order valence-electron chi connectivity index (χ3n) is 4.34. The van der Waals surface area contributed by atoms with Gasteiger partial charge in [0, 0.05) is 6.54 Å². The van der Waals surface area contributed by atoms with E-state index in [1.54, 1.807) is 13.8 Å². The molecule has 2 rings (SSSR count). The molecule has 0 spiro atoms. The number of fused-ring (bicyclic) bond motifs is 1. The van der Waals surface area contributed by atoms with Crippen LogP contribution in [0.25, 0.3) is 0 Å². The summed E-state index contributed by atoms with van der Waals surface area (Å²) in [6, 6.07) is 6.01. The van der Waals surface area contributed by atoms with E-state index in [1.165, 1.54) is 24.0 Å². The molecular weight excluding hydrogens is 294 g/mol. The normalized spacial score (nSPS) is 14.0. The van der Waals surface area contributed by atoms with Crippen molar-refractivity contribution in [2.24, 2.45) is 5.41 Å². The number of benzene rings is 1. The summed E-state index contributed by atoms with van der Waals surface area (Å²) in [4.78, 5) is 22.8. The third kappa shape index (κ3) is 4.98. The van der Waals surface area contributed by atoms with Crippen molar-refractivity contribution in [1.82, 2.24) is 5.32 Å². The van der Waals surface area contributed by atoms with Gasteiger partial charge < -0.3 is 15.2 Å². The van der Waals surface area contributed by atoms with Crippen LogP contribution in [0.15, 0.2) is 18.2 Å². The molecule has 0 saturated carbocycles. The highest BCUT2D eigenvalue weighted by atomic mass is 16.5. The average molecular weight is 319 g/mol. The Labute approximate surface area is 137 Å². The fourth-order valence-electron chi connectivity index (χ4n) is 2.62. The van der Waals surface area contributed by atoms with Gasteiger partial charge in [-0.3, -0.25) is 9.59 Å². The maximum absolute atomic E-state index is 11.8. The third-order valence-corrected chi connectivity index (χ3v) is 4.34. The summed E-state index contributed by atoms with van der Waals surface area (Å²) in [5.41, 5.74) is 1.86. The van der Waals surface area contributed by atoms with Gasteiger partial charge in [-0.15, -0.1) is 0 Å². The number of nitrogens with one attached hydrogen (secondary N) is 1. The first kappa shape index (κ1) is 17.3. The van der Waals surface area contributed by atoms with Gasteiger partial charge in [0.2, 0.25) is 0 Å². The molecule has 1 aromatic carbocycles. The van der Waals surface area contributed by atoms with Crippen molar-refractivity contribution in [3.63, 3.8) is 0 Å². The highest BCUT2D eigenvalue weighted by molar-refractivity contribution is 5.77. The van der Waals surface area contributed by atoms with Crippen molar-refractivity contribution in [2.45, 2.75) is 46.0 Å². The topological polar surface area (TPSA) is 75.6 Å². The number of carboxylic acids is 1. The Balaban J connectivity index is 1.75. The van der Waals surface area contributed by atoms with Crippen LogP contribution >= 0.6 is 0 Å². The molecule has 5 nitrogen and oxygen atoms in total. The van der Waals surface area contributed by atoms with Gasteiger partial charge in [0.1, 0.15) is 5.75 Å². The van der Waals surface area contributed by atoms with E-state index in [9.17, 15) is 9.59 Å². The van der Waals surface area contributed by atoms with Crippen molar-refractivity contribution in [2.75, 3.05) is 13.2 Å².